The summed E-state index contributed by atoms with van der Waals surface area (Å²) < 4.78 is 7.48. The highest BCUT2D eigenvalue weighted by atomic mass is 16.5. The number of hydrogen-bond acceptors (Lipinski definition) is 4. The van der Waals surface area contributed by atoms with E-state index < -0.39 is 0 Å². The molecule has 4 heterocycles. The maximum atomic E-state index is 12.4. The van der Waals surface area contributed by atoms with Crippen LogP contribution >= 0.6 is 0 Å². The van der Waals surface area contributed by atoms with Crippen molar-refractivity contribution < 1.29 is 9.53 Å². The van der Waals surface area contributed by atoms with Crippen molar-refractivity contribution in [3.63, 3.8) is 0 Å². The van der Waals surface area contributed by atoms with Gasteiger partial charge in [0.1, 0.15) is 5.75 Å². The Labute approximate surface area is 170 Å². The van der Waals surface area contributed by atoms with Gasteiger partial charge in [-0.15, -0.1) is 0 Å². The zero-order valence-electron chi connectivity index (χ0n) is 16.6. The minimum atomic E-state index is 0.0676. The summed E-state index contributed by atoms with van der Waals surface area (Å²) in [6.45, 7) is 5.03. The van der Waals surface area contributed by atoms with E-state index in [1.54, 1.807) is 6.07 Å². The number of fused-ring (bicyclic) bond motifs is 5. The number of piperidine rings is 1. The Morgan fingerprint density at radius 3 is 3.03 bits per heavy atom. The summed E-state index contributed by atoms with van der Waals surface area (Å²) in [5.41, 5.74) is 3.54. The number of amides is 1. The molecule has 1 fully saturated rings. The molecule has 2 atom stereocenters. The molecule has 1 aromatic carbocycles. The molecular weight excluding hydrogens is 366 g/mol. The van der Waals surface area contributed by atoms with Gasteiger partial charge in [-0.25, -0.2) is 0 Å². The predicted octanol–water partition coefficient (Wildman–Crippen LogP) is 1.56. The summed E-state index contributed by atoms with van der Waals surface area (Å²) in [7, 11) is 0. The van der Waals surface area contributed by atoms with Crippen molar-refractivity contribution in [2.45, 2.75) is 31.7 Å². The number of carbonyl (C=O) groups is 1. The molecule has 1 N–H and O–H groups in total. The average molecular weight is 393 g/mol. The van der Waals surface area contributed by atoms with Crippen molar-refractivity contribution in [1.82, 2.24) is 14.8 Å². The Morgan fingerprint density at radius 2 is 2.10 bits per heavy atom. The second kappa shape index (κ2) is 7.67. The van der Waals surface area contributed by atoms with Crippen molar-refractivity contribution in [3.05, 3.63) is 63.6 Å². The lowest BCUT2D eigenvalue weighted by molar-refractivity contribution is -0.120. The van der Waals surface area contributed by atoms with Crippen LogP contribution < -0.4 is 15.6 Å². The number of rotatable bonds is 5. The van der Waals surface area contributed by atoms with E-state index in [2.05, 4.69) is 22.3 Å². The number of ether oxygens (including phenoxy) is 1. The van der Waals surface area contributed by atoms with Crippen LogP contribution in [0.15, 0.2) is 41.2 Å². The van der Waals surface area contributed by atoms with Gasteiger partial charge in [-0.1, -0.05) is 18.2 Å². The molecule has 0 unspecified atom stereocenters. The molecular formula is C23H27N3O3. The van der Waals surface area contributed by atoms with E-state index >= 15 is 0 Å². The summed E-state index contributed by atoms with van der Waals surface area (Å²) in [5.74, 6) is 1.96. The molecule has 1 saturated heterocycles. The lowest BCUT2D eigenvalue weighted by Gasteiger charge is -2.42. The quantitative estimate of drug-likeness (QED) is 0.838. The van der Waals surface area contributed by atoms with Gasteiger partial charge in [-0.05, 0) is 35.6 Å². The topological polar surface area (TPSA) is 63.6 Å². The average Bonchev–Trinajstić information content (AvgIpc) is 3.17. The molecule has 0 radical (unpaired) electrons. The third-order valence-electron chi connectivity index (χ3n) is 6.42. The smallest absolute Gasteiger partial charge is 0.250 e. The van der Waals surface area contributed by atoms with Crippen LogP contribution in [0.2, 0.25) is 0 Å². The summed E-state index contributed by atoms with van der Waals surface area (Å²) in [4.78, 5) is 26.9. The van der Waals surface area contributed by atoms with E-state index in [-0.39, 0.29) is 11.5 Å². The van der Waals surface area contributed by atoms with Crippen LogP contribution in [0.1, 0.15) is 29.2 Å². The summed E-state index contributed by atoms with van der Waals surface area (Å²) in [5, 5.41) is 3.07. The third-order valence-corrected chi connectivity index (χ3v) is 6.42. The normalized spacial score (nSPS) is 22.5. The lowest BCUT2D eigenvalue weighted by Crippen LogP contribution is -2.48. The zero-order valence-corrected chi connectivity index (χ0v) is 16.6. The van der Waals surface area contributed by atoms with E-state index in [4.69, 9.17) is 4.74 Å². The van der Waals surface area contributed by atoms with Gasteiger partial charge in [-0.3, -0.25) is 9.59 Å². The Kier molecular flexibility index (Phi) is 4.87. The predicted molar refractivity (Wildman–Crippen MR) is 110 cm³/mol. The number of nitrogens with one attached hydrogen (secondary N) is 1. The monoisotopic (exact) mass is 393 g/mol. The third kappa shape index (κ3) is 3.81. The van der Waals surface area contributed by atoms with Crippen LogP contribution in [0.25, 0.3) is 0 Å². The van der Waals surface area contributed by atoms with E-state index in [1.165, 1.54) is 11.3 Å². The number of pyridine rings is 1. The number of benzene rings is 1. The first-order chi connectivity index (χ1) is 14.2. The maximum Gasteiger partial charge on any atom is 0.250 e. The van der Waals surface area contributed by atoms with Gasteiger partial charge >= 0.3 is 0 Å². The Balaban J connectivity index is 1.13. The van der Waals surface area contributed by atoms with E-state index in [0.29, 0.717) is 24.8 Å². The largest absolute Gasteiger partial charge is 0.493 e. The van der Waals surface area contributed by atoms with Crippen LogP contribution in [-0.4, -0.2) is 48.2 Å². The lowest BCUT2D eigenvalue weighted by atomic mass is 9.83. The molecule has 0 spiro atoms. The van der Waals surface area contributed by atoms with Crippen LogP contribution in [-0.2, 0) is 24.2 Å². The van der Waals surface area contributed by atoms with E-state index in [1.807, 2.05) is 22.8 Å². The molecule has 152 valence electrons. The van der Waals surface area contributed by atoms with Crippen molar-refractivity contribution in [2.75, 3.05) is 32.8 Å². The molecule has 1 aromatic heterocycles. The molecule has 1 amide bonds. The first-order valence-corrected chi connectivity index (χ1v) is 10.6. The Bertz CT molecular complexity index is 984. The molecule has 0 saturated carbocycles. The molecule has 2 bridgehead atoms. The molecule has 3 aliphatic heterocycles. The van der Waals surface area contributed by atoms with Gasteiger partial charge in [0.15, 0.2) is 0 Å². The highest BCUT2D eigenvalue weighted by Gasteiger charge is 2.34. The molecule has 3 aliphatic rings. The summed E-state index contributed by atoms with van der Waals surface area (Å²) in [6, 6.07) is 11.7. The molecule has 6 nitrogen and oxygen atoms in total. The number of hydrogen-bond donors (Lipinski definition) is 1. The highest BCUT2D eigenvalue weighted by molar-refractivity contribution is 5.78. The molecule has 5 rings (SSSR count). The number of carbonyl (C=O) groups excluding carboxylic acids is 1. The fraction of sp³-hybridized carbons (Fsp3) is 0.478. The number of aromatic nitrogens is 1. The number of likely N-dealkylation sites (tertiary alicyclic amines) is 1. The van der Waals surface area contributed by atoms with Crippen LogP contribution in [0.5, 0.6) is 5.75 Å². The van der Waals surface area contributed by atoms with E-state index in [0.717, 1.165) is 56.9 Å². The van der Waals surface area contributed by atoms with Crippen LogP contribution in [0.3, 0.4) is 0 Å². The van der Waals surface area contributed by atoms with Crippen LogP contribution in [0.4, 0.5) is 0 Å². The van der Waals surface area contributed by atoms with Gasteiger partial charge in [0.05, 0.1) is 13.0 Å². The summed E-state index contributed by atoms with van der Waals surface area (Å²) >= 11 is 0. The highest BCUT2D eigenvalue weighted by Crippen LogP contribution is 2.34. The second-order valence-electron chi connectivity index (χ2n) is 8.52. The Hall–Kier alpha value is -2.60. The fourth-order valence-corrected chi connectivity index (χ4v) is 5.13. The maximum absolute atomic E-state index is 12.4. The first-order valence-electron chi connectivity index (χ1n) is 10.6. The molecule has 2 aromatic rings. The van der Waals surface area contributed by atoms with Crippen molar-refractivity contribution in [1.29, 1.82) is 0 Å². The minimum Gasteiger partial charge on any atom is -0.493 e. The zero-order chi connectivity index (χ0) is 19.8. The second-order valence-corrected chi connectivity index (χ2v) is 8.52. The van der Waals surface area contributed by atoms with Gasteiger partial charge in [0.2, 0.25) is 5.91 Å². The van der Waals surface area contributed by atoms with Gasteiger partial charge in [0, 0.05) is 56.8 Å². The number of nitrogens with zero attached hydrogens (tertiary/aromatic N) is 2. The van der Waals surface area contributed by atoms with Crippen molar-refractivity contribution >= 4 is 5.91 Å². The molecule has 29 heavy (non-hydrogen) atoms. The minimum absolute atomic E-state index is 0.0676. The fourth-order valence-electron chi connectivity index (χ4n) is 5.13. The molecule has 0 aliphatic carbocycles. The standard InChI is InChI=1S/C23H27N3O3/c27-22(12-16-4-5-21-18(10-16)6-9-29-21)24-7-8-25-13-17-11-19(15-25)20-2-1-3-23(28)26(20)14-17/h1-5,10,17,19H,6-9,11-15H2,(H,24,27)/t17-,19+/m1/s1. The SMILES string of the molecule is O=C(Cc1ccc2c(c1)CCO2)NCCN1C[C@H]2C[C@@H](C1)c1cccc(=O)n1C2. The first kappa shape index (κ1) is 18.4. The van der Waals surface area contributed by atoms with E-state index in [9.17, 15) is 9.59 Å². The van der Waals surface area contributed by atoms with Gasteiger partial charge in [0.25, 0.3) is 5.56 Å². The summed E-state index contributed by atoms with van der Waals surface area (Å²) in [6.07, 6.45) is 2.50. The van der Waals surface area contributed by atoms with Crippen LogP contribution in [0, 0.1) is 5.92 Å². The van der Waals surface area contributed by atoms with Gasteiger partial charge < -0.3 is 19.5 Å². The van der Waals surface area contributed by atoms with Crippen molar-refractivity contribution in [2.24, 2.45) is 5.92 Å². The van der Waals surface area contributed by atoms with Gasteiger partial charge in [-0.2, -0.15) is 0 Å². The Morgan fingerprint density at radius 1 is 1.17 bits per heavy atom. The van der Waals surface area contributed by atoms with Crippen molar-refractivity contribution in [3.8, 4) is 5.75 Å². The molecule has 6 heteroatoms.